The van der Waals surface area contributed by atoms with Crippen LogP contribution in [0, 0.1) is 0 Å². The van der Waals surface area contributed by atoms with Crippen LogP contribution >= 0.6 is 12.2 Å². The molecular weight excluding hydrogens is 308 g/mol. The molecule has 0 spiro atoms. The summed E-state index contributed by atoms with van der Waals surface area (Å²) in [4.78, 5) is 14.3. The number of benzene rings is 2. The largest absolute Gasteiger partial charge is 0.375 e. The van der Waals surface area contributed by atoms with E-state index < -0.39 is 0 Å². The van der Waals surface area contributed by atoms with Gasteiger partial charge in [-0.3, -0.25) is 15.1 Å². The first kappa shape index (κ1) is 15.2. The van der Waals surface area contributed by atoms with Crippen molar-refractivity contribution in [3.05, 3.63) is 66.2 Å². The Labute approximate surface area is 139 Å². The molecule has 116 valence electrons. The first-order valence-electron chi connectivity index (χ1n) is 7.21. The van der Waals surface area contributed by atoms with Crippen LogP contribution in [0.15, 0.2) is 65.8 Å². The van der Waals surface area contributed by atoms with E-state index in [4.69, 9.17) is 18.0 Å². The first-order valence-corrected chi connectivity index (χ1v) is 7.61. The summed E-state index contributed by atoms with van der Waals surface area (Å²) in [6, 6.07) is 19.1. The third-order valence-corrected chi connectivity index (χ3v) is 3.73. The van der Waals surface area contributed by atoms with Gasteiger partial charge in [-0.2, -0.15) is 5.10 Å². The number of hydrogen-bond acceptors (Lipinski definition) is 3. The van der Waals surface area contributed by atoms with Crippen LogP contribution < -0.4 is 16.1 Å². The topological polar surface area (TPSA) is 70.7 Å². The lowest BCUT2D eigenvalue weighted by Crippen LogP contribution is -2.30. The number of hydrazone groups is 1. The van der Waals surface area contributed by atoms with E-state index in [0.717, 1.165) is 11.3 Å². The smallest absolute Gasteiger partial charge is 0.233 e. The molecular formula is C17H16N4OS. The number of carbonyl (C=O) groups is 1. The van der Waals surface area contributed by atoms with Gasteiger partial charge >= 0.3 is 0 Å². The highest BCUT2D eigenvalue weighted by Crippen LogP contribution is 2.35. The Bertz CT molecular complexity index is 746. The lowest BCUT2D eigenvalue weighted by Gasteiger charge is -2.25. The van der Waals surface area contributed by atoms with Gasteiger partial charge in [0.05, 0.1) is 12.1 Å². The molecule has 1 unspecified atom stereocenters. The molecule has 3 rings (SSSR count). The van der Waals surface area contributed by atoms with Crippen LogP contribution in [0.1, 0.15) is 18.0 Å². The van der Waals surface area contributed by atoms with Gasteiger partial charge in [0.25, 0.3) is 0 Å². The third-order valence-electron chi connectivity index (χ3n) is 3.63. The predicted molar refractivity (Wildman–Crippen MR) is 95.1 cm³/mol. The first-order chi connectivity index (χ1) is 11.2. The lowest BCUT2D eigenvalue weighted by molar-refractivity contribution is -0.116. The van der Waals surface area contributed by atoms with E-state index in [2.05, 4.69) is 10.5 Å². The molecule has 0 radical (unpaired) electrons. The molecule has 1 atom stereocenters. The summed E-state index contributed by atoms with van der Waals surface area (Å²) in [6.45, 7) is 0. The molecule has 0 aromatic heterocycles. The van der Waals surface area contributed by atoms with Crippen molar-refractivity contribution in [1.29, 1.82) is 0 Å². The Morgan fingerprint density at radius 2 is 1.74 bits per heavy atom. The van der Waals surface area contributed by atoms with Crippen LogP contribution in [0.3, 0.4) is 0 Å². The molecule has 6 heteroatoms. The quantitative estimate of drug-likeness (QED) is 0.672. The Kier molecular flexibility index (Phi) is 4.34. The summed E-state index contributed by atoms with van der Waals surface area (Å²) in [6.07, 6.45) is 0.226. The fourth-order valence-corrected chi connectivity index (χ4v) is 2.76. The zero-order chi connectivity index (χ0) is 16.2. The fraction of sp³-hybridized carbons (Fsp3) is 0.118. The van der Waals surface area contributed by atoms with E-state index in [9.17, 15) is 4.79 Å². The van der Waals surface area contributed by atoms with E-state index in [1.807, 2.05) is 60.7 Å². The third kappa shape index (κ3) is 3.22. The average molecular weight is 324 g/mol. The molecule has 1 aliphatic heterocycles. The van der Waals surface area contributed by atoms with Crippen molar-refractivity contribution in [2.45, 2.75) is 12.5 Å². The highest BCUT2D eigenvalue weighted by molar-refractivity contribution is 7.80. The zero-order valence-corrected chi connectivity index (χ0v) is 13.2. The molecule has 5 nitrogen and oxygen atoms in total. The highest BCUT2D eigenvalue weighted by atomic mass is 32.1. The minimum Gasteiger partial charge on any atom is -0.375 e. The standard InChI is InChI=1S/C17H16N4OS/c18-17(23)20-19-14-11-15(22)21(13-9-5-2-6-10-13)16(14)12-7-3-1-4-8-12/h1-10,16H,11H2,(H3,18,20,23)/b19-14-. The van der Waals surface area contributed by atoms with Crippen LogP contribution in [-0.4, -0.2) is 16.7 Å². The van der Waals surface area contributed by atoms with Crippen molar-refractivity contribution in [3.8, 4) is 0 Å². The van der Waals surface area contributed by atoms with Crippen molar-refractivity contribution >= 4 is 34.6 Å². The van der Waals surface area contributed by atoms with E-state index in [1.54, 1.807) is 4.90 Å². The number of carbonyl (C=O) groups excluding carboxylic acids is 1. The van der Waals surface area contributed by atoms with Gasteiger partial charge in [-0.1, -0.05) is 48.5 Å². The Balaban J connectivity index is 2.05. The molecule has 2 aromatic carbocycles. The average Bonchev–Trinajstić information content (AvgIpc) is 2.91. The van der Waals surface area contributed by atoms with Gasteiger partial charge < -0.3 is 5.73 Å². The molecule has 3 N–H and O–H groups in total. The second kappa shape index (κ2) is 6.58. The summed E-state index contributed by atoms with van der Waals surface area (Å²) in [5, 5.41) is 4.32. The summed E-state index contributed by atoms with van der Waals surface area (Å²) >= 11 is 4.80. The summed E-state index contributed by atoms with van der Waals surface area (Å²) in [7, 11) is 0. The number of nitrogens with one attached hydrogen (secondary N) is 1. The SMILES string of the molecule is NC(=S)N/N=C1/CC(=O)N(c2ccccc2)C1c1ccccc1. The summed E-state index contributed by atoms with van der Waals surface area (Å²) in [5.41, 5.74) is 10.6. The van der Waals surface area contributed by atoms with Gasteiger partial charge in [0.2, 0.25) is 5.91 Å². The van der Waals surface area contributed by atoms with Gasteiger partial charge in [-0.05, 0) is 29.9 Å². The van der Waals surface area contributed by atoms with Gasteiger partial charge in [0, 0.05) is 5.69 Å². The van der Waals surface area contributed by atoms with Gasteiger partial charge in [0.1, 0.15) is 6.04 Å². The lowest BCUT2D eigenvalue weighted by atomic mass is 10.0. The van der Waals surface area contributed by atoms with Crippen LogP contribution in [0.5, 0.6) is 0 Å². The number of nitrogens with two attached hydrogens (primary N) is 1. The maximum absolute atomic E-state index is 12.6. The molecule has 1 saturated heterocycles. The highest BCUT2D eigenvalue weighted by Gasteiger charge is 2.38. The number of para-hydroxylation sites is 1. The number of rotatable bonds is 3. The molecule has 2 aromatic rings. The summed E-state index contributed by atoms with van der Waals surface area (Å²) < 4.78 is 0. The van der Waals surface area contributed by atoms with E-state index >= 15 is 0 Å². The second-order valence-electron chi connectivity index (χ2n) is 5.17. The number of nitrogens with zero attached hydrogens (tertiary/aromatic N) is 2. The van der Waals surface area contributed by atoms with E-state index in [1.165, 1.54) is 0 Å². The maximum atomic E-state index is 12.6. The van der Waals surface area contributed by atoms with Crippen molar-refractivity contribution in [1.82, 2.24) is 5.43 Å². The molecule has 1 heterocycles. The minimum absolute atomic E-state index is 0.00598. The minimum atomic E-state index is -0.270. The molecule has 1 aliphatic rings. The van der Waals surface area contributed by atoms with Crippen molar-refractivity contribution in [2.75, 3.05) is 4.90 Å². The van der Waals surface area contributed by atoms with Gasteiger partial charge in [-0.15, -0.1) is 0 Å². The van der Waals surface area contributed by atoms with Crippen LogP contribution in [0.2, 0.25) is 0 Å². The predicted octanol–water partition coefficient (Wildman–Crippen LogP) is 2.35. The molecule has 0 bridgehead atoms. The number of amides is 1. The number of thiocarbonyl (C=S) groups is 1. The van der Waals surface area contributed by atoms with Gasteiger partial charge in [-0.25, -0.2) is 0 Å². The second-order valence-corrected chi connectivity index (χ2v) is 5.61. The Hall–Kier alpha value is -2.73. The number of hydrogen-bond donors (Lipinski definition) is 2. The molecule has 23 heavy (non-hydrogen) atoms. The van der Waals surface area contributed by atoms with Crippen LogP contribution in [0.4, 0.5) is 5.69 Å². The number of anilines is 1. The molecule has 1 fully saturated rings. The molecule has 1 amide bonds. The van der Waals surface area contributed by atoms with Crippen molar-refractivity contribution < 1.29 is 4.79 Å². The normalized spacial score (nSPS) is 19.1. The Morgan fingerprint density at radius 3 is 2.35 bits per heavy atom. The van der Waals surface area contributed by atoms with Gasteiger partial charge in [0.15, 0.2) is 5.11 Å². The molecule has 0 aliphatic carbocycles. The van der Waals surface area contributed by atoms with Crippen LogP contribution in [0.25, 0.3) is 0 Å². The monoisotopic (exact) mass is 324 g/mol. The van der Waals surface area contributed by atoms with E-state index in [-0.39, 0.29) is 23.5 Å². The fourth-order valence-electron chi connectivity index (χ4n) is 2.72. The maximum Gasteiger partial charge on any atom is 0.233 e. The summed E-state index contributed by atoms with van der Waals surface area (Å²) in [5.74, 6) is -0.00598. The zero-order valence-electron chi connectivity index (χ0n) is 12.3. The van der Waals surface area contributed by atoms with Crippen LogP contribution in [-0.2, 0) is 4.79 Å². The Morgan fingerprint density at radius 1 is 1.13 bits per heavy atom. The van der Waals surface area contributed by atoms with Crippen molar-refractivity contribution in [3.63, 3.8) is 0 Å². The van der Waals surface area contributed by atoms with Crippen molar-refractivity contribution in [2.24, 2.45) is 10.8 Å². The van der Waals surface area contributed by atoms with E-state index in [0.29, 0.717) is 5.71 Å². The molecule has 0 saturated carbocycles.